The summed E-state index contributed by atoms with van der Waals surface area (Å²) in [6, 6.07) is 5.01. The molecule has 0 bridgehead atoms. The van der Waals surface area contributed by atoms with Crippen LogP contribution < -0.4 is 5.73 Å². The monoisotopic (exact) mass is 229 g/mol. The van der Waals surface area contributed by atoms with Crippen molar-refractivity contribution in [2.75, 3.05) is 0 Å². The van der Waals surface area contributed by atoms with Gasteiger partial charge in [0.15, 0.2) is 0 Å². The van der Waals surface area contributed by atoms with E-state index in [-0.39, 0.29) is 0 Å². The molecule has 0 saturated carbocycles. The van der Waals surface area contributed by atoms with Crippen molar-refractivity contribution in [1.82, 2.24) is 9.55 Å². The fraction of sp³-hybridized carbons (Fsp3) is 0.300. The first-order valence-electron chi connectivity index (χ1n) is 4.70. The summed E-state index contributed by atoms with van der Waals surface area (Å²) in [7, 11) is 0. The summed E-state index contributed by atoms with van der Waals surface area (Å²) in [4.78, 5) is 3.92. The average molecular weight is 229 g/mol. The van der Waals surface area contributed by atoms with E-state index in [2.05, 4.69) is 4.98 Å². The molecule has 2 aromatic rings. The first kappa shape index (κ1) is 10.9. The Hall–Kier alpha value is -1.56. The highest BCUT2D eigenvalue weighted by atomic mass is 19.4. The lowest BCUT2D eigenvalue weighted by Gasteiger charge is -2.07. The molecule has 86 valence electrons. The fourth-order valence-corrected chi connectivity index (χ4v) is 1.56. The molecule has 0 aliphatic carbocycles. The van der Waals surface area contributed by atoms with Crippen molar-refractivity contribution in [3.05, 3.63) is 30.1 Å². The van der Waals surface area contributed by atoms with Crippen LogP contribution in [0.4, 0.5) is 13.2 Å². The number of hydrogen-bond donors (Lipinski definition) is 1. The van der Waals surface area contributed by atoms with Gasteiger partial charge in [0.2, 0.25) is 0 Å². The van der Waals surface area contributed by atoms with Crippen LogP contribution in [0.5, 0.6) is 0 Å². The number of fused-ring (bicyclic) bond motifs is 1. The van der Waals surface area contributed by atoms with Crippen LogP contribution in [-0.2, 0) is 13.1 Å². The van der Waals surface area contributed by atoms with Crippen molar-refractivity contribution in [1.29, 1.82) is 0 Å². The van der Waals surface area contributed by atoms with Crippen LogP contribution in [0.25, 0.3) is 11.0 Å². The minimum Gasteiger partial charge on any atom is -0.326 e. The maximum absolute atomic E-state index is 12.2. The first-order chi connectivity index (χ1) is 7.49. The van der Waals surface area contributed by atoms with Crippen LogP contribution in [0.2, 0.25) is 0 Å². The second-order valence-electron chi connectivity index (χ2n) is 3.51. The van der Waals surface area contributed by atoms with Crippen molar-refractivity contribution < 1.29 is 13.2 Å². The zero-order valence-electron chi connectivity index (χ0n) is 8.33. The molecule has 0 radical (unpaired) electrons. The Morgan fingerprint density at radius 3 is 2.69 bits per heavy atom. The molecule has 3 nitrogen and oxygen atoms in total. The third-order valence-electron chi connectivity index (χ3n) is 2.27. The second kappa shape index (κ2) is 3.79. The predicted molar refractivity (Wildman–Crippen MR) is 53.7 cm³/mol. The van der Waals surface area contributed by atoms with E-state index >= 15 is 0 Å². The molecule has 6 heteroatoms. The summed E-state index contributed by atoms with van der Waals surface area (Å²) >= 11 is 0. The van der Waals surface area contributed by atoms with Crippen molar-refractivity contribution in [2.45, 2.75) is 19.3 Å². The van der Waals surface area contributed by atoms with Crippen LogP contribution in [0.15, 0.2) is 24.5 Å². The number of halogens is 3. The third-order valence-corrected chi connectivity index (χ3v) is 2.27. The van der Waals surface area contributed by atoms with Crippen LogP contribution in [-0.4, -0.2) is 15.7 Å². The zero-order valence-corrected chi connectivity index (χ0v) is 8.33. The van der Waals surface area contributed by atoms with Gasteiger partial charge in [0.1, 0.15) is 6.54 Å². The molecule has 0 aliphatic rings. The summed E-state index contributed by atoms with van der Waals surface area (Å²) in [5, 5.41) is 0. The molecule has 1 aromatic carbocycles. The van der Waals surface area contributed by atoms with Gasteiger partial charge in [-0.25, -0.2) is 4.98 Å². The van der Waals surface area contributed by atoms with Gasteiger partial charge in [-0.3, -0.25) is 0 Å². The van der Waals surface area contributed by atoms with Crippen molar-refractivity contribution in [2.24, 2.45) is 5.73 Å². The van der Waals surface area contributed by atoms with E-state index < -0.39 is 12.7 Å². The Bertz CT molecular complexity index is 501. The summed E-state index contributed by atoms with van der Waals surface area (Å²) in [6.07, 6.45) is -3.04. The number of rotatable bonds is 2. The van der Waals surface area contributed by atoms with Crippen LogP contribution in [0.3, 0.4) is 0 Å². The Kier molecular flexibility index (Phi) is 2.59. The smallest absolute Gasteiger partial charge is 0.326 e. The normalized spacial score (nSPS) is 12.2. The van der Waals surface area contributed by atoms with Crippen LogP contribution >= 0.6 is 0 Å². The second-order valence-corrected chi connectivity index (χ2v) is 3.51. The maximum atomic E-state index is 12.2. The summed E-state index contributed by atoms with van der Waals surface area (Å²) < 4.78 is 37.7. The third kappa shape index (κ3) is 2.16. The molecule has 1 aromatic heterocycles. The van der Waals surface area contributed by atoms with Gasteiger partial charge in [0.25, 0.3) is 0 Å². The molecule has 2 rings (SSSR count). The lowest BCUT2D eigenvalue weighted by Crippen LogP contribution is -2.16. The van der Waals surface area contributed by atoms with Gasteiger partial charge in [-0.2, -0.15) is 13.2 Å². The molecule has 16 heavy (non-hydrogen) atoms. The molecule has 0 spiro atoms. The van der Waals surface area contributed by atoms with Crippen molar-refractivity contribution >= 4 is 11.0 Å². The number of nitrogens with zero attached hydrogens (tertiary/aromatic N) is 2. The molecule has 0 aliphatic heterocycles. The minimum atomic E-state index is -4.24. The predicted octanol–water partition coefficient (Wildman–Crippen LogP) is 2.06. The van der Waals surface area contributed by atoms with Crippen molar-refractivity contribution in [3.63, 3.8) is 0 Å². The lowest BCUT2D eigenvalue weighted by atomic mass is 10.2. The van der Waals surface area contributed by atoms with E-state index in [1.54, 1.807) is 18.2 Å². The highest BCUT2D eigenvalue weighted by molar-refractivity contribution is 5.76. The molecular formula is C10H10F3N3. The Morgan fingerprint density at radius 2 is 2.06 bits per heavy atom. The Labute approximate surface area is 89.7 Å². The molecule has 0 amide bonds. The lowest BCUT2D eigenvalue weighted by molar-refractivity contribution is -0.139. The molecule has 0 unspecified atom stereocenters. The van der Waals surface area contributed by atoms with Gasteiger partial charge in [-0.15, -0.1) is 0 Å². The van der Waals surface area contributed by atoms with Gasteiger partial charge in [0.05, 0.1) is 17.4 Å². The van der Waals surface area contributed by atoms with E-state index in [4.69, 9.17) is 5.73 Å². The number of aromatic nitrogens is 2. The molecule has 2 N–H and O–H groups in total. The van der Waals surface area contributed by atoms with Crippen LogP contribution in [0.1, 0.15) is 5.56 Å². The SMILES string of the molecule is NCc1ccc2c(c1)ncn2CC(F)(F)F. The Morgan fingerprint density at radius 1 is 1.31 bits per heavy atom. The quantitative estimate of drug-likeness (QED) is 0.856. The molecular weight excluding hydrogens is 219 g/mol. The van der Waals surface area contributed by atoms with Gasteiger partial charge in [-0.1, -0.05) is 6.07 Å². The minimum absolute atomic E-state index is 0.349. The van der Waals surface area contributed by atoms with Crippen molar-refractivity contribution in [3.8, 4) is 0 Å². The van der Waals surface area contributed by atoms with Gasteiger partial charge >= 0.3 is 6.18 Å². The number of imidazole rings is 1. The largest absolute Gasteiger partial charge is 0.406 e. The van der Waals surface area contributed by atoms with E-state index in [1.807, 2.05) is 0 Å². The number of nitrogens with two attached hydrogens (primary N) is 1. The number of hydrogen-bond acceptors (Lipinski definition) is 2. The zero-order chi connectivity index (χ0) is 11.8. The van der Waals surface area contributed by atoms with E-state index in [0.29, 0.717) is 17.6 Å². The van der Waals surface area contributed by atoms with E-state index in [1.165, 1.54) is 6.33 Å². The Balaban J connectivity index is 2.42. The molecule has 1 heterocycles. The van der Waals surface area contributed by atoms with E-state index in [0.717, 1.165) is 10.1 Å². The fourth-order valence-electron chi connectivity index (χ4n) is 1.56. The number of benzene rings is 1. The summed E-state index contributed by atoms with van der Waals surface area (Å²) in [6.45, 7) is -0.673. The standard InChI is InChI=1S/C10H10F3N3/c11-10(12,13)5-16-6-15-8-3-7(4-14)1-2-9(8)16/h1-3,6H,4-5,14H2. The first-order valence-corrected chi connectivity index (χ1v) is 4.70. The molecule has 0 atom stereocenters. The maximum Gasteiger partial charge on any atom is 0.406 e. The number of alkyl halides is 3. The van der Waals surface area contributed by atoms with E-state index in [9.17, 15) is 13.2 Å². The van der Waals surface area contributed by atoms with Gasteiger partial charge < -0.3 is 10.3 Å². The average Bonchev–Trinajstić information content (AvgIpc) is 2.58. The van der Waals surface area contributed by atoms with Gasteiger partial charge in [-0.05, 0) is 17.7 Å². The van der Waals surface area contributed by atoms with Crippen LogP contribution in [0, 0.1) is 0 Å². The highest BCUT2D eigenvalue weighted by Gasteiger charge is 2.28. The topological polar surface area (TPSA) is 43.8 Å². The highest BCUT2D eigenvalue weighted by Crippen LogP contribution is 2.21. The van der Waals surface area contributed by atoms with Gasteiger partial charge in [0, 0.05) is 6.54 Å². The molecule has 0 saturated heterocycles. The molecule has 0 fully saturated rings. The summed E-state index contributed by atoms with van der Waals surface area (Å²) in [5.41, 5.74) is 7.29. The summed E-state index contributed by atoms with van der Waals surface area (Å²) in [5.74, 6) is 0.